The summed E-state index contributed by atoms with van der Waals surface area (Å²) in [5, 5.41) is 9.21. The molecular weight excluding hydrogens is 305 g/mol. The van der Waals surface area contributed by atoms with Crippen LogP contribution in [0.25, 0.3) is 0 Å². The van der Waals surface area contributed by atoms with Gasteiger partial charge in [-0.15, -0.1) is 0 Å². The van der Waals surface area contributed by atoms with Crippen molar-refractivity contribution in [3.63, 3.8) is 0 Å². The molecule has 1 saturated carbocycles. The lowest BCUT2D eigenvalue weighted by Gasteiger charge is -2.26. The van der Waals surface area contributed by atoms with Crippen molar-refractivity contribution in [2.75, 3.05) is 6.54 Å². The lowest BCUT2D eigenvalue weighted by molar-refractivity contribution is 0.274. The molecule has 0 amide bonds. The first-order valence-corrected chi connectivity index (χ1v) is 8.36. The van der Waals surface area contributed by atoms with E-state index in [-0.39, 0.29) is 16.6 Å². The number of piperidine rings is 1. The highest BCUT2D eigenvalue weighted by Gasteiger charge is 2.45. The van der Waals surface area contributed by atoms with Crippen LogP contribution in [0.2, 0.25) is 5.02 Å². The van der Waals surface area contributed by atoms with Crippen LogP contribution in [0, 0.1) is 11.7 Å². The normalized spacial score (nSPS) is 26.4. The summed E-state index contributed by atoms with van der Waals surface area (Å²) in [7, 11) is -3.89. The SMILES string of the molecule is O=S(=O)(c1cc(Cl)cc(CO)c1F)N1CC2CCC1C2. The molecule has 2 bridgehead atoms. The summed E-state index contributed by atoms with van der Waals surface area (Å²) in [6.07, 6.45) is 2.73. The number of sulfonamides is 1. The van der Waals surface area contributed by atoms with E-state index in [4.69, 9.17) is 16.7 Å². The number of aliphatic hydroxyl groups excluding tert-OH is 1. The first-order valence-electron chi connectivity index (χ1n) is 6.54. The van der Waals surface area contributed by atoms with Crippen LogP contribution < -0.4 is 0 Å². The molecule has 3 rings (SSSR count). The van der Waals surface area contributed by atoms with Gasteiger partial charge in [-0.1, -0.05) is 11.6 Å². The maximum absolute atomic E-state index is 14.2. The molecule has 2 unspecified atom stereocenters. The molecule has 2 aliphatic rings. The van der Waals surface area contributed by atoms with Crippen LogP contribution in [0.15, 0.2) is 17.0 Å². The molecule has 0 aromatic heterocycles. The molecule has 1 aromatic rings. The number of rotatable bonds is 3. The van der Waals surface area contributed by atoms with Crippen LogP contribution in [-0.2, 0) is 16.6 Å². The van der Waals surface area contributed by atoms with E-state index in [1.54, 1.807) is 0 Å². The van der Waals surface area contributed by atoms with Crippen molar-refractivity contribution in [3.8, 4) is 0 Å². The second kappa shape index (κ2) is 4.94. The van der Waals surface area contributed by atoms with E-state index in [1.807, 2.05) is 0 Å². The molecule has 4 nitrogen and oxygen atoms in total. The summed E-state index contributed by atoms with van der Waals surface area (Å²) in [4.78, 5) is -0.429. The number of nitrogens with zero attached hydrogens (tertiary/aromatic N) is 1. The van der Waals surface area contributed by atoms with E-state index >= 15 is 0 Å². The highest BCUT2D eigenvalue weighted by Crippen LogP contribution is 2.41. The fourth-order valence-corrected chi connectivity index (χ4v) is 5.40. The van der Waals surface area contributed by atoms with E-state index < -0.39 is 27.3 Å². The smallest absolute Gasteiger partial charge is 0.246 e. The minimum Gasteiger partial charge on any atom is -0.392 e. The van der Waals surface area contributed by atoms with Gasteiger partial charge in [-0.3, -0.25) is 0 Å². The first kappa shape index (κ1) is 14.3. The van der Waals surface area contributed by atoms with Crippen molar-refractivity contribution < 1.29 is 17.9 Å². The summed E-state index contributed by atoms with van der Waals surface area (Å²) >= 11 is 5.83. The number of halogens is 2. The zero-order valence-corrected chi connectivity index (χ0v) is 12.3. The number of aliphatic hydroxyl groups is 1. The maximum atomic E-state index is 14.2. The summed E-state index contributed by atoms with van der Waals surface area (Å²) < 4.78 is 40.8. The molecule has 1 aromatic carbocycles. The standard InChI is InChI=1S/C13H15ClFNO3S/c14-10-4-9(7-17)13(15)12(5-10)20(18,19)16-6-8-1-2-11(16)3-8/h4-5,8,11,17H,1-3,6-7H2. The third-order valence-electron chi connectivity index (χ3n) is 4.20. The lowest BCUT2D eigenvalue weighted by Crippen LogP contribution is -2.38. The zero-order valence-electron chi connectivity index (χ0n) is 10.7. The molecule has 7 heteroatoms. The van der Waals surface area contributed by atoms with E-state index in [1.165, 1.54) is 10.4 Å². The molecular formula is C13H15ClFNO3S. The van der Waals surface area contributed by atoms with Gasteiger partial charge in [0.05, 0.1) is 6.61 Å². The van der Waals surface area contributed by atoms with Gasteiger partial charge in [-0.25, -0.2) is 12.8 Å². The molecule has 110 valence electrons. The molecule has 1 aliphatic carbocycles. The van der Waals surface area contributed by atoms with Gasteiger partial charge in [0.25, 0.3) is 0 Å². The highest BCUT2D eigenvalue weighted by atomic mass is 35.5. The molecule has 2 atom stereocenters. The summed E-state index contributed by atoms with van der Waals surface area (Å²) in [5.41, 5.74) is -0.0968. The van der Waals surface area contributed by atoms with Crippen LogP contribution >= 0.6 is 11.6 Å². The predicted octanol–water partition coefficient (Wildman–Crippen LogP) is 2.14. The van der Waals surface area contributed by atoms with Crippen molar-refractivity contribution in [2.24, 2.45) is 5.92 Å². The van der Waals surface area contributed by atoms with E-state index in [0.29, 0.717) is 12.5 Å². The molecule has 1 aliphatic heterocycles. The Bertz CT molecular complexity index is 649. The number of hydrogen-bond donors (Lipinski definition) is 1. The van der Waals surface area contributed by atoms with Crippen LogP contribution in [0.5, 0.6) is 0 Å². The van der Waals surface area contributed by atoms with Gasteiger partial charge in [0.1, 0.15) is 10.7 Å². The Morgan fingerprint density at radius 2 is 2.15 bits per heavy atom. The molecule has 20 heavy (non-hydrogen) atoms. The molecule has 0 spiro atoms. The van der Waals surface area contributed by atoms with Gasteiger partial charge >= 0.3 is 0 Å². The quantitative estimate of drug-likeness (QED) is 0.928. The van der Waals surface area contributed by atoms with Gasteiger partial charge in [0.15, 0.2) is 0 Å². The lowest BCUT2D eigenvalue weighted by atomic mass is 10.1. The van der Waals surface area contributed by atoms with E-state index in [2.05, 4.69) is 0 Å². The van der Waals surface area contributed by atoms with Crippen LogP contribution in [0.3, 0.4) is 0 Å². The summed E-state index contributed by atoms with van der Waals surface area (Å²) in [6.45, 7) is -0.131. The van der Waals surface area contributed by atoms with Crippen molar-refractivity contribution in [2.45, 2.75) is 36.8 Å². The first-order chi connectivity index (χ1) is 9.43. The van der Waals surface area contributed by atoms with Crippen molar-refractivity contribution in [1.29, 1.82) is 0 Å². The van der Waals surface area contributed by atoms with Gasteiger partial charge in [0.2, 0.25) is 10.0 Å². The fourth-order valence-electron chi connectivity index (χ4n) is 3.22. The van der Waals surface area contributed by atoms with Crippen molar-refractivity contribution in [3.05, 3.63) is 28.5 Å². The summed E-state index contributed by atoms with van der Waals surface area (Å²) in [5.74, 6) is -0.519. The topological polar surface area (TPSA) is 57.6 Å². The fraction of sp³-hybridized carbons (Fsp3) is 0.538. The molecule has 1 saturated heterocycles. The monoisotopic (exact) mass is 319 g/mol. The Morgan fingerprint density at radius 1 is 1.40 bits per heavy atom. The average Bonchev–Trinajstić information content (AvgIpc) is 3.03. The largest absolute Gasteiger partial charge is 0.392 e. The van der Waals surface area contributed by atoms with Crippen molar-refractivity contribution >= 4 is 21.6 Å². The van der Waals surface area contributed by atoms with E-state index in [9.17, 15) is 12.8 Å². The Morgan fingerprint density at radius 3 is 2.70 bits per heavy atom. The van der Waals surface area contributed by atoms with Gasteiger partial charge < -0.3 is 5.11 Å². The second-order valence-corrected chi connectivity index (χ2v) is 7.74. The van der Waals surface area contributed by atoms with Gasteiger partial charge in [-0.2, -0.15) is 4.31 Å². The summed E-state index contributed by atoms with van der Waals surface area (Å²) in [6, 6.07) is 2.34. The Balaban J connectivity index is 2.06. The third kappa shape index (κ3) is 2.15. The minimum absolute atomic E-state index is 0.0269. The number of benzene rings is 1. The van der Waals surface area contributed by atoms with Crippen LogP contribution in [0.4, 0.5) is 4.39 Å². The molecule has 2 fully saturated rings. The number of fused-ring (bicyclic) bond motifs is 2. The van der Waals surface area contributed by atoms with Crippen LogP contribution in [0.1, 0.15) is 24.8 Å². The Labute approximate surface area is 122 Å². The molecule has 1 heterocycles. The maximum Gasteiger partial charge on any atom is 0.246 e. The Kier molecular flexibility index (Phi) is 3.52. The zero-order chi connectivity index (χ0) is 14.5. The molecule has 1 N–H and O–H groups in total. The number of hydrogen-bond acceptors (Lipinski definition) is 3. The van der Waals surface area contributed by atoms with Gasteiger partial charge in [0, 0.05) is 23.2 Å². The van der Waals surface area contributed by atoms with Crippen LogP contribution in [-0.4, -0.2) is 30.4 Å². The van der Waals surface area contributed by atoms with Crippen molar-refractivity contribution in [1.82, 2.24) is 4.31 Å². The Hall–Kier alpha value is -0.690. The second-order valence-electron chi connectivity index (χ2n) is 5.44. The minimum atomic E-state index is -3.89. The third-order valence-corrected chi connectivity index (χ3v) is 6.33. The molecule has 0 radical (unpaired) electrons. The predicted molar refractivity (Wildman–Crippen MR) is 72.4 cm³/mol. The highest BCUT2D eigenvalue weighted by molar-refractivity contribution is 7.89. The van der Waals surface area contributed by atoms with E-state index in [0.717, 1.165) is 25.3 Å². The average molecular weight is 320 g/mol. The van der Waals surface area contributed by atoms with Gasteiger partial charge in [-0.05, 0) is 37.3 Å².